The summed E-state index contributed by atoms with van der Waals surface area (Å²) in [5.74, 6) is 0.471. The van der Waals surface area contributed by atoms with Crippen LogP contribution in [-0.2, 0) is 16.6 Å². The Morgan fingerprint density at radius 2 is 2.04 bits per heavy atom. The molecule has 0 radical (unpaired) electrons. The van der Waals surface area contributed by atoms with Gasteiger partial charge in [-0.25, -0.2) is 0 Å². The van der Waals surface area contributed by atoms with Crippen LogP contribution in [0.1, 0.15) is 35.6 Å². The Hall–Kier alpha value is -1.55. The highest BCUT2D eigenvalue weighted by Gasteiger charge is 2.62. The smallest absolute Gasteiger partial charge is 0.227 e. The first kappa shape index (κ1) is 18.8. The molecule has 1 saturated carbocycles. The third-order valence-electron chi connectivity index (χ3n) is 6.53. The predicted octanol–water partition coefficient (Wildman–Crippen LogP) is 4.14. The number of aryl methyl sites for hydroxylation is 1. The fourth-order valence-corrected chi connectivity index (χ4v) is 5.30. The molecule has 3 unspecified atom stereocenters. The van der Waals surface area contributed by atoms with Crippen molar-refractivity contribution < 1.29 is 4.79 Å². The van der Waals surface area contributed by atoms with E-state index in [1.54, 1.807) is 0 Å². The maximum absolute atomic E-state index is 13.5. The summed E-state index contributed by atoms with van der Waals surface area (Å²) < 4.78 is 0. The van der Waals surface area contributed by atoms with Gasteiger partial charge in [-0.2, -0.15) is 0 Å². The minimum atomic E-state index is 0. The number of fused-ring (bicyclic) bond motifs is 2. The number of carbonyl (C=O) groups is 1. The average molecular weight is 403 g/mol. The summed E-state index contributed by atoms with van der Waals surface area (Å²) in [5.41, 5.74) is 4.10. The maximum atomic E-state index is 13.5. The number of nitrogens with one attached hydrogen (secondary N) is 1. The third kappa shape index (κ3) is 3.06. The zero-order chi connectivity index (χ0) is 17.7. The van der Waals surface area contributed by atoms with E-state index in [9.17, 15) is 4.79 Å². The number of amides is 1. The molecule has 2 fully saturated rings. The van der Waals surface area contributed by atoms with Crippen LogP contribution in [-0.4, -0.2) is 30.4 Å². The molecule has 1 saturated heterocycles. The van der Waals surface area contributed by atoms with Gasteiger partial charge in [0.05, 0.1) is 6.04 Å². The minimum Gasteiger partial charge on any atom is -0.333 e. The van der Waals surface area contributed by atoms with E-state index in [0.717, 1.165) is 49.5 Å². The summed E-state index contributed by atoms with van der Waals surface area (Å²) in [6.45, 7) is 2.42. The van der Waals surface area contributed by atoms with Gasteiger partial charge < -0.3 is 10.2 Å². The average Bonchev–Trinajstić information content (AvgIpc) is 3.30. The van der Waals surface area contributed by atoms with E-state index < -0.39 is 0 Å². The van der Waals surface area contributed by atoms with Crippen LogP contribution in [0, 0.1) is 5.92 Å². The monoisotopic (exact) mass is 402 g/mol. The number of piperazine rings is 1. The van der Waals surface area contributed by atoms with Crippen molar-refractivity contribution in [3.8, 4) is 0 Å². The van der Waals surface area contributed by atoms with Gasteiger partial charge >= 0.3 is 0 Å². The molecule has 3 aliphatic rings. The number of benzene rings is 2. The molecule has 1 N–H and O–H groups in total. The van der Waals surface area contributed by atoms with Crippen LogP contribution in [0.5, 0.6) is 0 Å². The summed E-state index contributed by atoms with van der Waals surface area (Å²) >= 11 is 6.20. The van der Waals surface area contributed by atoms with Crippen LogP contribution in [0.2, 0.25) is 5.02 Å². The largest absolute Gasteiger partial charge is 0.333 e. The molecule has 5 heteroatoms. The number of rotatable bonds is 2. The van der Waals surface area contributed by atoms with Crippen molar-refractivity contribution in [1.82, 2.24) is 10.2 Å². The van der Waals surface area contributed by atoms with Crippen LogP contribution in [0.25, 0.3) is 0 Å². The standard InChI is InChI=1S/C22H23ClN2O.ClH/c23-17-6-3-5-16(12-17)20-14-24-10-11-25(20)21(26)19-13-22(19)9-8-15-4-1-2-7-18(15)22;/h1-7,12,19-20,24H,8-11,13-14H2;1H. The maximum Gasteiger partial charge on any atom is 0.227 e. The number of nitrogens with zero attached hydrogens (tertiary/aromatic N) is 1. The molecule has 3 atom stereocenters. The van der Waals surface area contributed by atoms with Crippen molar-refractivity contribution in [1.29, 1.82) is 0 Å². The number of hydrogen-bond donors (Lipinski definition) is 1. The molecule has 1 amide bonds. The molecule has 27 heavy (non-hydrogen) atoms. The fourth-order valence-electron chi connectivity index (χ4n) is 5.10. The second kappa shape index (κ2) is 7.12. The number of hydrogen-bond acceptors (Lipinski definition) is 2. The Bertz CT molecular complexity index is 871. The van der Waals surface area contributed by atoms with E-state index in [-0.39, 0.29) is 29.8 Å². The summed E-state index contributed by atoms with van der Waals surface area (Å²) in [6, 6.07) is 16.7. The number of halogens is 2. The first-order chi connectivity index (χ1) is 12.7. The van der Waals surface area contributed by atoms with E-state index in [1.165, 1.54) is 11.1 Å². The summed E-state index contributed by atoms with van der Waals surface area (Å²) in [5, 5.41) is 4.17. The van der Waals surface area contributed by atoms with E-state index in [4.69, 9.17) is 11.6 Å². The lowest BCUT2D eigenvalue weighted by atomic mass is 9.94. The molecule has 1 heterocycles. The van der Waals surface area contributed by atoms with Crippen molar-refractivity contribution in [3.05, 3.63) is 70.2 Å². The van der Waals surface area contributed by atoms with Gasteiger partial charge in [0, 0.05) is 36.0 Å². The van der Waals surface area contributed by atoms with Gasteiger partial charge in [-0.1, -0.05) is 48.0 Å². The molecule has 2 aromatic carbocycles. The predicted molar refractivity (Wildman–Crippen MR) is 111 cm³/mol. The van der Waals surface area contributed by atoms with E-state index >= 15 is 0 Å². The molecular formula is C22H24Cl2N2O. The van der Waals surface area contributed by atoms with Gasteiger partial charge in [0.15, 0.2) is 0 Å². The molecule has 0 aromatic heterocycles. The Kier molecular flexibility index (Phi) is 4.96. The second-order valence-corrected chi connectivity index (χ2v) is 8.31. The molecule has 3 nitrogen and oxygen atoms in total. The molecule has 0 bridgehead atoms. The molecule has 5 rings (SSSR count). The van der Waals surface area contributed by atoms with Gasteiger partial charge in [0.1, 0.15) is 0 Å². The zero-order valence-electron chi connectivity index (χ0n) is 15.2. The topological polar surface area (TPSA) is 32.3 Å². The van der Waals surface area contributed by atoms with Crippen molar-refractivity contribution in [2.75, 3.05) is 19.6 Å². The Labute approximate surface area is 171 Å². The van der Waals surface area contributed by atoms with Crippen LogP contribution >= 0.6 is 24.0 Å². The fraction of sp³-hybridized carbons (Fsp3) is 0.409. The molecule has 142 valence electrons. The molecule has 2 aliphatic carbocycles. The molecule has 2 aromatic rings. The Balaban J connectivity index is 0.00000180. The summed E-state index contributed by atoms with van der Waals surface area (Å²) in [7, 11) is 0. The SMILES string of the molecule is Cl.O=C(C1CC12CCc1ccccc12)N1CCNCC1c1cccc(Cl)c1. The lowest BCUT2D eigenvalue weighted by molar-refractivity contribution is -0.136. The lowest BCUT2D eigenvalue weighted by Crippen LogP contribution is -2.49. The third-order valence-corrected chi connectivity index (χ3v) is 6.76. The van der Waals surface area contributed by atoms with Crippen LogP contribution in [0.3, 0.4) is 0 Å². The minimum absolute atomic E-state index is 0. The highest BCUT2D eigenvalue weighted by Crippen LogP contribution is 2.62. The van der Waals surface area contributed by atoms with Crippen molar-refractivity contribution in [2.45, 2.75) is 30.7 Å². The van der Waals surface area contributed by atoms with Gasteiger partial charge in [0.25, 0.3) is 0 Å². The number of carbonyl (C=O) groups excluding carboxylic acids is 1. The lowest BCUT2D eigenvalue weighted by Gasteiger charge is -2.37. The Morgan fingerprint density at radius 1 is 1.19 bits per heavy atom. The first-order valence-corrected chi connectivity index (χ1v) is 9.92. The van der Waals surface area contributed by atoms with Crippen LogP contribution in [0.15, 0.2) is 48.5 Å². The molecular weight excluding hydrogens is 379 g/mol. The van der Waals surface area contributed by atoms with E-state index in [0.29, 0.717) is 5.91 Å². The van der Waals surface area contributed by atoms with Gasteiger partial charge in [-0.3, -0.25) is 4.79 Å². The molecule has 1 aliphatic heterocycles. The van der Waals surface area contributed by atoms with Gasteiger partial charge in [-0.15, -0.1) is 12.4 Å². The highest BCUT2D eigenvalue weighted by atomic mass is 35.5. The van der Waals surface area contributed by atoms with Gasteiger partial charge in [0.2, 0.25) is 5.91 Å². The van der Waals surface area contributed by atoms with Crippen LogP contribution < -0.4 is 5.32 Å². The van der Waals surface area contributed by atoms with Crippen LogP contribution in [0.4, 0.5) is 0 Å². The summed E-state index contributed by atoms with van der Waals surface area (Å²) in [6.07, 6.45) is 3.24. The quantitative estimate of drug-likeness (QED) is 0.818. The second-order valence-electron chi connectivity index (χ2n) is 7.88. The Morgan fingerprint density at radius 3 is 2.89 bits per heavy atom. The zero-order valence-corrected chi connectivity index (χ0v) is 16.7. The van der Waals surface area contributed by atoms with E-state index in [1.807, 2.05) is 18.2 Å². The van der Waals surface area contributed by atoms with Crippen molar-refractivity contribution in [2.24, 2.45) is 5.92 Å². The molecule has 1 spiro atoms. The highest BCUT2D eigenvalue weighted by molar-refractivity contribution is 6.30. The summed E-state index contributed by atoms with van der Waals surface area (Å²) in [4.78, 5) is 15.6. The van der Waals surface area contributed by atoms with Crippen molar-refractivity contribution in [3.63, 3.8) is 0 Å². The van der Waals surface area contributed by atoms with E-state index in [2.05, 4.69) is 40.5 Å². The first-order valence-electron chi connectivity index (χ1n) is 9.54. The van der Waals surface area contributed by atoms with Crippen molar-refractivity contribution >= 4 is 29.9 Å². The normalized spacial score (nSPS) is 28.6. The van der Waals surface area contributed by atoms with Gasteiger partial charge in [-0.05, 0) is 48.1 Å².